The molecule has 1 fully saturated rings. The van der Waals surface area contributed by atoms with Gasteiger partial charge in [-0.1, -0.05) is 30.3 Å². The van der Waals surface area contributed by atoms with E-state index in [4.69, 9.17) is 15.2 Å². The first kappa shape index (κ1) is 21.5. The van der Waals surface area contributed by atoms with Crippen molar-refractivity contribution in [3.05, 3.63) is 63.7 Å². The van der Waals surface area contributed by atoms with Crippen LogP contribution in [0.5, 0.6) is 11.5 Å². The molecule has 2 atom stereocenters. The number of ether oxygens (including phenoxy) is 2. The van der Waals surface area contributed by atoms with Crippen molar-refractivity contribution >= 4 is 24.0 Å². The number of likely N-dealkylation sites (tertiary alicyclic amines) is 1. The number of benzene rings is 2. The molecule has 2 N–H and O–H groups in total. The van der Waals surface area contributed by atoms with Crippen LogP contribution in [0.2, 0.25) is 0 Å². The maximum absolute atomic E-state index is 13.0. The molecular formula is C19H22ClN3O5. The van der Waals surface area contributed by atoms with E-state index in [9.17, 15) is 14.9 Å². The lowest BCUT2D eigenvalue weighted by Gasteiger charge is -2.17. The Balaban J connectivity index is 0.00000280. The first-order valence-electron chi connectivity index (χ1n) is 8.46. The summed E-state index contributed by atoms with van der Waals surface area (Å²) in [4.78, 5) is 25.5. The van der Waals surface area contributed by atoms with E-state index in [1.807, 2.05) is 30.3 Å². The molecule has 1 saturated heterocycles. The molecule has 8 nitrogen and oxygen atoms in total. The third-order valence-corrected chi connectivity index (χ3v) is 4.81. The minimum Gasteiger partial charge on any atom is -0.493 e. The van der Waals surface area contributed by atoms with Crippen molar-refractivity contribution in [3.8, 4) is 11.5 Å². The van der Waals surface area contributed by atoms with Gasteiger partial charge >= 0.3 is 0 Å². The first-order valence-corrected chi connectivity index (χ1v) is 8.46. The molecule has 0 unspecified atom stereocenters. The fourth-order valence-corrected chi connectivity index (χ4v) is 3.41. The molecule has 0 aliphatic carbocycles. The lowest BCUT2D eigenvalue weighted by Crippen LogP contribution is -2.32. The number of hydrogen-bond donors (Lipinski definition) is 1. The highest BCUT2D eigenvalue weighted by Gasteiger charge is 2.36. The smallest absolute Gasteiger partial charge is 0.286 e. The number of nitrogens with two attached hydrogens (primary N) is 1. The fourth-order valence-electron chi connectivity index (χ4n) is 3.41. The molecule has 28 heavy (non-hydrogen) atoms. The molecule has 0 aromatic heterocycles. The van der Waals surface area contributed by atoms with Crippen LogP contribution in [0, 0.1) is 10.1 Å². The summed E-state index contributed by atoms with van der Waals surface area (Å²) in [5.41, 5.74) is 6.92. The van der Waals surface area contributed by atoms with Gasteiger partial charge in [0, 0.05) is 31.1 Å². The molecule has 0 spiro atoms. The molecule has 1 aliphatic rings. The van der Waals surface area contributed by atoms with Crippen molar-refractivity contribution in [1.82, 2.24) is 4.90 Å². The molecule has 0 bridgehead atoms. The van der Waals surface area contributed by atoms with Gasteiger partial charge in [-0.2, -0.15) is 0 Å². The van der Waals surface area contributed by atoms with Crippen LogP contribution in [-0.4, -0.2) is 49.1 Å². The third kappa shape index (κ3) is 4.02. The van der Waals surface area contributed by atoms with Crippen molar-refractivity contribution < 1.29 is 19.2 Å². The Bertz CT molecular complexity index is 862. The molecular weight excluding hydrogens is 386 g/mol. The van der Waals surface area contributed by atoms with Gasteiger partial charge in [-0.15, -0.1) is 12.4 Å². The van der Waals surface area contributed by atoms with Crippen molar-refractivity contribution in [2.75, 3.05) is 27.3 Å². The molecule has 2 aromatic carbocycles. The van der Waals surface area contributed by atoms with Crippen LogP contribution >= 0.6 is 12.4 Å². The fraction of sp³-hybridized carbons (Fsp3) is 0.316. The van der Waals surface area contributed by atoms with Gasteiger partial charge in [0.25, 0.3) is 11.6 Å². The average molecular weight is 408 g/mol. The Morgan fingerprint density at radius 1 is 1.14 bits per heavy atom. The number of amides is 1. The van der Waals surface area contributed by atoms with Crippen LogP contribution in [0.1, 0.15) is 21.8 Å². The minimum atomic E-state index is -0.597. The molecule has 1 heterocycles. The first-order chi connectivity index (χ1) is 13.0. The number of carbonyl (C=O) groups excluding carboxylic acids is 1. The highest BCUT2D eigenvalue weighted by atomic mass is 35.5. The zero-order valence-electron chi connectivity index (χ0n) is 15.5. The van der Waals surface area contributed by atoms with Crippen LogP contribution in [0.15, 0.2) is 42.5 Å². The van der Waals surface area contributed by atoms with E-state index in [2.05, 4.69) is 0 Å². The Kier molecular flexibility index (Phi) is 6.82. The molecule has 3 rings (SSSR count). The second-order valence-electron chi connectivity index (χ2n) is 6.37. The van der Waals surface area contributed by atoms with Crippen LogP contribution in [0.4, 0.5) is 5.69 Å². The standard InChI is InChI=1S/C19H21N3O5.ClH/c1-26-17-8-13(16(22(24)25)9-18(17)27-2)19(23)21-10-14(15(20)11-21)12-6-4-3-5-7-12;/h3-9,14-15H,10-11,20H2,1-2H3;1H/t14-,15+;/m0./s1. The van der Waals surface area contributed by atoms with Gasteiger partial charge in [0.15, 0.2) is 11.5 Å². The number of carbonyl (C=O) groups is 1. The molecule has 9 heteroatoms. The van der Waals surface area contributed by atoms with Crippen LogP contribution < -0.4 is 15.2 Å². The quantitative estimate of drug-likeness (QED) is 0.602. The van der Waals surface area contributed by atoms with Crippen molar-refractivity contribution in [2.45, 2.75) is 12.0 Å². The predicted molar refractivity (Wildman–Crippen MR) is 107 cm³/mol. The van der Waals surface area contributed by atoms with Crippen LogP contribution in [0.3, 0.4) is 0 Å². The topological polar surface area (TPSA) is 108 Å². The van der Waals surface area contributed by atoms with Gasteiger partial charge in [-0.05, 0) is 5.56 Å². The van der Waals surface area contributed by atoms with E-state index in [1.54, 1.807) is 4.90 Å². The summed E-state index contributed by atoms with van der Waals surface area (Å²) in [6, 6.07) is 12.0. The Morgan fingerprint density at radius 2 is 1.75 bits per heavy atom. The number of methoxy groups -OCH3 is 2. The summed E-state index contributed by atoms with van der Waals surface area (Å²) in [7, 11) is 2.79. The number of halogens is 1. The number of nitrogens with zero attached hydrogens (tertiary/aromatic N) is 2. The van der Waals surface area contributed by atoms with Crippen LogP contribution in [-0.2, 0) is 0 Å². The molecule has 0 saturated carbocycles. The molecule has 1 amide bonds. The summed E-state index contributed by atoms with van der Waals surface area (Å²) in [6.45, 7) is 0.722. The Morgan fingerprint density at radius 3 is 2.32 bits per heavy atom. The Hall–Kier alpha value is -2.84. The third-order valence-electron chi connectivity index (χ3n) is 4.81. The summed E-state index contributed by atoms with van der Waals surface area (Å²) < 4.78 is 10.3. The summed E-state index contributed by atoms with van der Waals surface area (Å²) in [5, 5.41) is 11.5. The predicted octanol–water partition coefficient (Wildman–Crippen LogP) is 2.60. The molecule has 0 radical (unpaired) electrons. The normalized spacial score (nSPS) is 18.3. The van der Waals surface area contributed by atoms with E-state index in [0.717, 1.165) is 5.56 Å². The minimum absolute atomic E-state index is 0. The molecule has 2 aromatic rings. The van der Waals surface area contributed by atoms with Gasteiger partial charge in [-0.3, -0.25) is 14.9 Å². The summed E-state index contributed by atoms with van der Waals surface area (Å²) >= 11 is 0. The van der Waals surface area contributed by atoms with Crippen LogP contribution in [0.25, 0.3) is 0 Å². The monoisotopic (exact) mass is 407 g/mol. The summed E-state index contributed by atoms with van der Waals surface area (Å²) in [6.07, 6.45) is 0. The maximum atomic E-state index is 13.0. The van der Waals surface area contributed by atoms with Gasteiger partial charge in [0.2, 0.25) is 0 Å². The lowest BCUT2D eigenvalue weighted by molar-refractivity contribution is -0.385. The lowest BCUT2D eigenvalue weighted by atomic mass is 9.95. The number of nitro groups is 1. The number of rotatable bonds is 5. The van der Waals surface area contributed by atoms with E-state index >= 15 is 0 Å². The van der Waals surface area contributed by atoms with Gasteiger partial charge < -0.3 is 20.1 Å². The second kappa shape index (κ2) is 8.90. The zero-order chi connectivity index (χ0) is 19.6. The number of nitro benzene ring substituents is 1. The molecule has 150 valence electrons. The van der Waals surface area contributed by atoms with E-state index < -0.39 is 10.8 Å². The Labute approximate surface area is 168 Å². The highest BCUT2D eigenvalue weighted by Crippen LogP contribution is 2.36. The van der Waals surface area contributed by atoms with Gasteiger partial charge in [0.1, 0.15) is 5.56 Å². The summed E-state index contributed by atoms with van der Waals surface area (Å²) in [5.74, 6) is -0.0125. The van der Waals surface area contributed by atoms with Gasteiger partial charge in [0.05, 0.1) is 25.2 Å². The highest BCUT2D eigenvalue weighted by molar-refractivity contribution is 5.99. The van der Waals surface area contributed by atoms with Crippen molar-refractivity contribution in [1.29, 1.82) is 0 Å². The largest absolute Gasteiger partial charge is 0.493 e. The van der Waals surface area contributed by atoms with Crippen molar-refractivity contribution in [2.24, 2.45) is 5.73 Å². The zero-order valence-corrected chi connectivity index (χ0v) is 16.3. The molecule has 1 aliphatic heterocycles. The van der Waals surface area contributed by atoms with Crippen molar-refractivity contribution in [3.63, 3.8) is 0 Å². The SMILES string of the molecule is COc1cc(C(=O)N2C[C@@H](N)[C@H](c3ccccc3)C2)c([N+](=O)[O-])cc1OC.Cl. The van der Waals surface area contributed by atoms with E-state index in [-0.39, 0.29) is 47.1 Å². The number of hydrogen-bond acceptors (Lipinski definition) is 6. The van der Waals surface area contributed by atoms with E-state index in [0.29, 0.717) is 13.1 Å². The van der Waals surface area contributed by atoms with E-state index in [1.165, 1.54) is 26.4 Å². The van der Waals surface area contributed by atoms with Gasteiger partial charge in [-0.25, -0.2) is 0 Å². The maximum Gasteiger partial charge on any atom is 0.286 e. The second-order valence-corrected chi connectivity index (χ2v) is 6.37. The average Bonchev–Trinajstić information content (AvgIpc) is 3.08.